The van der Waals surface area contributed by atoms with Crippen molar-refractivity contribution in [1.29, 1.82) is 5.26 Å². The summed E-state index contributed by atoms with van der Waals surface area (Å²) in [5.74, 6) is 0.906. The number of nitrogens with one attached hydrogen (secondary N) is 1. The summed E-state index contributed by atoms with van der Waals surface area (Å²) in [6, 6.07) is 9.51. The number of carbonyl (C=O) groups excluding carboxylic acids is 1. The number of nitrogens with zero attached hydrogens (tertiary/aromatic N) is 8. The highest BCUT2D eigenvalue weighted by atomic mass is 79.9. The summed E-state index contributed by atoms with van der Waals surface area (Å²) in [6.07, 6.45) is 3.35. The molecule has 2 aliphatic heterocycles. The van der Waals surface area contributed by atoms with Gasteiger partial charge in [0.25, 0.3) is 0 Å². The molecule has 69 heavy (non-hydrogen) atoms. The van der Waals surface area contributed by atoms with Crippen molar-refractivity contribution >= 4 is 73.1 Å². The number of nitriles is 1. The van der Waals surface area contributed by atoms with Gasteiger partial charge in [0.15, 0.2) is 0 Å². The summed E-state index contributed by atoms with van der Waals surface area (Å²) in [5.41, 5.74) is -0.652. The van der Waals surface area contributed by atoms with Crippen LogP contribution in [0.3, 0.4) is 0 Å². The van der Waals surface area contributed by atoms with E-state index in [2.05, 4.69) is 71.0 Å². The first-order valence-electron chi connectivity index (χ1n) is 22.8. The van der Waals surface area contributed by atoms with E-state index < -0.39 is 23.5 Å². The average molecular weight is 1140 g/mol. The molecular weight excluding hydrogens is 1080 g/mol. The van der Waals surface area contributed by atoms with Crippen LogP contribution in [0.15, 0.2) is 70.1 Å². The van der Waals surface area contributed by atoms with Crippen molar-refractivity contribution in [3.63, 3.8) is 0 Å². The quantitative estimate of drug-likeness (QED) is 0.129. The van der Waals surface area contributed by atoms with Crippen LogP contribution in [0, 0.1) is 11.3 Å². The zero-order valence-corrected chi connectivity index (χ0v) is 44.2. The van der Waals surface area contributed by atoms with E-state index in [1.807, 2.05) is 42.4 Å². The van der Waals surface area contributed by atoms with Crippen LogP contribution < -0.4 is 15.1 Å². The molecule has 2 unspecified atom stereocenters. The number of benzene rings is 2. The fourth-order valence-corrected chi connectivity index (χ4v) is 9.60. The van der Waals surface area contributed by atoms with E-state index in [-0.39, 0.29) is 59.5 Å². The maximum Gasteiger partial charge on any atom is 0.416 e. The van der Waals surface area contributed by atoms with Gasteiger partial charge in [0.05, 0.1) is 32.2 Å². The van der Waals surface area contributed by atoms with Crippen LogP contribution >= 0.6 is 55.1 Å². The van der Waals surface area contributed by atoms with Gasteiger partial charge in [0.1, 0.15) is 0 Å². The van der Waals surface area contributed by atoms with Crippen LogP contribution in [0.4, 0.5) is 43.0 Å². The highest BCUT2D eigenvalue weighted by molar-refractivity contribution is 9.10. The fraction of sp³-hybridized carbons (Fsp3) is 0.542. The Morgan fingerprint density at radius 2 is 1.09 bits per heavy atom. The van der Waals surface area contributed by atoms with E-state index in [1.165, 1.54) is 13.0 Å². The van der Waals surface area contributed by atoms with E-state index in [0.29, 0.717) is 65.3 Å². The summed E-state index contributed by atoms with van der Waals surface area (Å²) >= 11 is 18.8. The Morgan fingerprint density at radius 3 is 1.41 bits per heavy atom. The number of hydrogen-bond donors (Lipinski definition) is 1. The van der Waals surface area contributed by atoms with Gasteiger partial charge >= 0.3 is 18.4 Å². The smallest absolute Gasteiger partial charge is 0.416 e. The molecule has 4 aromatic rings. The Kier molecular flexibility index (Phi) is 22.1. The lowest BCUT2D eigenvalue weighted by Crippen LogP contribution is -2.57. The largest absolute Gasteiger partial charge is 0.447 e. The minimum Gasteiger partial charge on any atom is -0.447 e. The molecule has 6 rings (SSSR count). The van der Waals surface area contributed by atoms with Gasteiger partial charge in [0, 0.05) is 91.1 Å². The van der Waals surface area contributed by atoms with Crippen LogP contribution in [-0.2, 0) is 30.2 Å². The van der Waals surface area contributed by atoms with Crippen LogP contribution in [0.25, 0.3) is 0 Å². The molecule has 2 aromatic carbocycles. The Balaban J connectivity index is 0.000000288. The van der Waals surface area contributed by atoms with Crippen molar-refractivity contribution in [2.24, 2.45) is 0 Å². The predicted molar refractivity (Wildman–Crippen MR) is 265 cm³/mol. The SMILES string of the molecule is CC#N.CC[C@@H]1CC(N(Cc2cc(Cl)cc(C(F)(F)F)c2)c2ncc(Br)cn2)C[C@H](CC)N1.CC[C@@H]1CC(N(Cc2cc(Cl)cc(C(F)(F)F)c2)c2ncc(Br)cn2)C[C@H](CC)N1C(=O)OC(C)C. The van der Waals surface area contributed by atoms with E-state index in [4.69, 9.17) is 33.2 Å². The van der Waals surface area contributed by atoms with Crippen LogP contribution in [0.1, 0.15) is 122 Å². The Hall–Kier alpha value is -3.96. The molecule has 4 heterocycles. The highest BCUT2D eigenvalue weighted by Crippen LogP contribution is 2.37. The number of piperidine rings is 2. The second-order valence-corrected chi connectivity index (χ2v) is 19.9. The highest BCUT2D eigenvalue weighted by Gasteiger charge is 2.41. The number of rotatable bonds is 13. The molecule has 0 radical (unpaired) electrons. The number of alkyl halides is 6. The first-order chi connectivity index (χ1) is 32.5. The zero-order valence-electron chi connectivity index (χ0n) is 39.6. The summed E-state index contributed by atoms with van der Waals surface area (Å²) < 4.78 is 87.2. The van der Waals surface area contributed by atoms with Crippen LogP contribution in [-0.4, -0.2) is 73.3 Å². The molecule has 11 nitrogen and oxygen atoms in total. The molecule has 1 N–H and O–H groups in total. The number of ether oxygens (including phenoxy) is 1. The molecule has 2 saturated heterocycles. The van der Waals surface area contributed by atoms with Crippen LogP contribution in [0.2, 0.25) is 10.0 Å². The minimum atomic E-state index is -4.51. The van der Waals surface area contributed by atoms with Gasteiger partial charge in [-0.3, -0.25) is 0 Å². The summed E-state index contributed by atoms with van der Waals surface area (Å²) in [5, 5.41) is 11.1. The lowest BCUT2D eigenvalue weighted by atomic mass is 9.87. The Labute approximate surface area is 428 Å². The molecule has 2 aliphatic rings. The van der Waals surface area contributed by atoms with Gasteiger partial charge in [-0.1, -0.05) is 50.9 Å². The van der Waals surface area contributed by atoms with Crippen LogP contribution in [0.5, 0.6) is 0 Å². The molecule has 0 saturated carbocycles. The van der Waals surface area contributed by atoms with Gasteiger partial charge in [-0.05, 0) is 145 Å². The molecule has 21 heteroatoms. The average Bonchev–Trinajstić information content (AvgIpc) is 3.29. The molecule has 2 fully saturated rings. The van der Waals surface area contributed by atoms with Crippen molar-refractivity contribution in [2.45, 2.75) is 168 Å². The second kappa shape index (κ2) is 26.5. The maximum absolute atomic E-state index is 13.5. The topological polar surface area (TPSA) is 123 Å². The lowest BCUT2D eigenvalue weighted by molar-refractivity contribution is -0.138. The molecule has 2 aromatic heterocycles. The van der Waals surface area contributed by atoms with Crippen molar-refractivity contribution in [1.82, 2.24) is 30.2 Å². The third-order valence-electron chi connectivity index (χ3n) is 11.8. The third kappa shape index (κ3) is 17.1. The third-order valence-corrected chi connectivity index (χ3v) is 13.1. The predicted octanol–water partition coefficient (Wildman–Crippen LogP) is 14.2. The van der Waals surface area contributed by atoms with E-state index >= 15 is 0 Å². The molecule has 1 amide bonds. The van der Waals surface area contributed by atoms with E-state index in [1.54, 1.807) is 36.9 Å². The first-order valence-corrected chi connectivity index (χ1v) is 25.1. The fourth-order valence-electron chi connectivity index (χ4n) is 8.68. The number of halogens is 10. The number of likely N-dealkylation sites (tertiary alicyclic amines) is 1. The minimum absolute atomic E-state index is 0.0145. The number of anilines is 2. The van der Waals surface area contributed by atoms with Gasteiger partial charge in [-0.15, -0.1) is 0 Å². The number of carbonyl (C=O) groups is 1. The van der Waals surface area contributed by atoms with Gasteiger partial charge in [-0.25, -0.2) is 24.7 Å². The Morgan fingerprint density at radius 1 is 0.725 bits per heavy atom. The summed E-state index contributed by atoms with van der Waals surface area (Å²) in [7, 11) is 0. The van der Waals surface area contributed by atoms with Crippen molar-refractivity contribution < 1.29 is 35.9 Å². The van der Waals surface area contributed by atoms with Gasteiger partial charge in [0.2, 0.25) is 11.9 Å². The van der Waals surface area contributed by atoms with Gasteiger partial charge < -0.3 is 24.8 Å². The number of aromatic nitrogens is 4. The van der Waals surface area contributed by atoms with E-state index in [0.717, 1.165) is 54.4 Å². The molecule has 0 spiro atoms. The van der Waals surface area contributed by atoms with Crippen molar-refractivity contribution in [3.05, 3.63) is 102 Å². The molecule has 6 atom stereocenters. The normalized spacial score (nSPS) is 20.4. The molecule has 378 valence electrons. The number of hydrogen-bond acceptors (Lipinski definition) is 10. The molecule has 0 aliphatic carbocycles. The number of amides is 1. The lowest BCUT2D eigenvalue weighted by Gasteiger charge is -2.47. The van der Waals surface area contributed by atoms with Crippen molar-refractivity contribution in [2.75, 3.05) is 9.80 Å². The Bertz CT molecular complexity index is 2270. The summed E-state index contributed by atoms with van der Waals surface area (Å²) in [4.78, 5) is 36.5. The molecule has 0 bridgehead atoms. The standard InChI is InChI=1S/C25H31BrClF3N4O2.C21H25BrClF3N4.C2H3N/c1-5-20-10-22(11-21(6-2)34(20)24(35)36-15(3)4)33(23-31-12-18(26)13-32-23)14-16-7-17(25(28,29)30)9-19(27)8-16;1-3-17-8-19(9-18(4-2)29-17)30(20-27-10-15(22)11-28-20)12-13-5-14(21(24,25)26)7-16(23)6-13;1-2-3/h7-9,12-13,15,20-22H,5-6,10-11,14H2,1-4H3;5-7,10-11,17-19,29H,3-4,8-9,12H2,1-2H3;1H3/t20-,21+,22?;17-,18+,19?;. The molecular formula is C48H59Br2Cl2F6N9O2. The maximum atomic E-state index is 13.5. The van der Waals surface area contributed by atoms with Gasteiger partial charge in [-0.2, -0.15) is 31.6 Å². The summed E-state index contributed by atoms with van der Waals surface area (Å²) in [6.45, 7) is 13.8. The van der Waals surface area contributed by atoms with Crippen molar-refractivity contribution in [3.8, 4) is 6.07 Å². The second-order valence-electron chi connectivity index (χ2n) is 17.2. The first kappa shape index (κ1) is 57.6. The van der Waals surface area contributed by atoms with E-state index in [9.17, 15) is 31.1 Å². The zero-order chi connectivity index (χ0) is 51.2. The monoisotopic (exact) mass is 1140 g/mol.